The molecule has 30 heavy (non-hydrogen) atoms. The summed E-state index contributed by atoms with van der Waals surface area (Å²) in [6, 6.07) is 12.0. The van der Waals surface area contributed by atoms with Gasteiger partial charge in [-0.25, -0.2) is 17.9 Å². The van der Waals surface area contributed by atoms with Crippen LogP contribution in [0.2, 0.25) is 0 Å². The van der Waals surface area contributed by atoms with Crippen LogP contribution >= 0.6 is 0 Å². The summed E-state index contributed by atoms with van der Waals surface area (Å²) >= 11 is 0. The van der Waals surface area contributed by atoms with Crippen molar-refractivity contribution in [2.75, 3.05) is 26.2 Å². The molecule has 1 saturated heterocycles. The summed E-state index contributed by atoms with van der Waals surface area (Å²) in [7, 11) is -3.72. The number of ether oxygens (including phenoxy) is 1. The van der Waals surface area contributed by atoms with E-state index >= 15 is 0 Å². The van der Waals surface area contributed by atoms with E-state index in [0.29, 0.717) is 13.0 Å². The van der Waals surface area contributed by atoms with Crippen molar-refractivity contribution in [3.63, 3.8) is 0 Å². The van der Waals surface area contributed by atoms with Gasteiger partial charge in [0.05, 0.1) is 10.8 Å². The second-order valence-corrected chi connectivity index (χ2v) is 8.51. The Kier molecular flexibility index (Phi) is 6.68. The van der Waals surface area contributed by atoms with Gasteiger partial charge in [0.2, 0.25) is 15.9 Å². The van der Waals surface area contributed by atoms with Crippen molar-refractivity contribution in [2.45, 2.75) is 11.3 Å². The zero-order chi connectivity index (χ0) is 21.7. The predicted octanol–water partition coefficient (Wildman–Crippen LogP) is 0.669. The lowest BCUT2D eigenvalue weighted by Crippen LogP contribution is -2.56. The van der Waals surface area contributed by atoms with Gasteiger partial charge in [0, 0.05) is 19.6 Å². The van der Waals surface area contributed by atoms with Crippen molar-refractivity contribution in [1.29, 1.82) is 0 Å². The molecule has 160 valence electrons. The molecule has 0 unspecified atom stereocenters. The summed E-state index contributed by atoms with van der Waals surface area (Å²) in [4.78, 5) is 25.8. The van der Waals surface area contributed by atoms with E-state index in [4.69, 9.17) is 9.88 Å². The third-order valence-electron chi connectivity index (χ3n) is 4.76. The standard InChI is InChI=1S/C20H22FN3O5S/c21-17-3-1-2-4-18(17)29-13-19(25)24-11-15(12-24)20(26)23-10-9-14-5-7-16(8-6-14)30(22,27)28/h1-8,15H,9-13H2,(H,23,26)(H2,22,27,28). The fourth-order valence-corrected chi connectivity index (χ4v) is 3.48. The highest BCUT2D eigenvalue weighted by Gasteiger charge is 2.35. The third kappa shape index (κ3) is 5.55. The normalized spacial score (nSPS) is 14.1. The van der Waals surface area contributed by atoms with E-state index in [-0.39, 0.29) is 48.1 Å². The minimum atomic E-state index is -3.72. The molecule has 0 saturated carbocycles. The van der Waals surface area contributed by atoms with Crippen LogP contribution in [0.4, 0.5) is 4.39 Å². The summed E-state index contributed by atoms with van der Waals surface area (Å²) in [5, 5.41) is 7.85. The average Bonchev–Trinajstić information content (AvgIpc) is 2.66. The van der Waals surface area contributed by atoms with Gasteiger partial charge in [0.1, 0.15) is 0 Å². The van der Waals surface area contributed by atoms with Crippen LogP contribution in [0.3, 0.4) is 0 Å². The van der Waals surface area contributed by atoms with E-state index in [1.807, 2.05) is 0 Å². The Morgan fingerprint density at radius 1 is 1.13 bits per heavy atom. The first-order valence-electron chi connectivity index (χ1n) is 9.28. The molecule has 0 bridgehead atoms. The summed E-state index contributed by atoms with van der Waals surface area (Å²) < 4.78 is 41.1. The summed E-state index contributed by atoms with van der Waals surface area (Å²) in [5.41, 5.74) is 0.860. The fraction of sp³-hybridized carbons (Fsp3) is 0.300. The zero-order valence-electron chi connectivity index (χ0n) is 16.1. The number of nitrogens with zero attached hydrogens (tertiary/aromatic N) is 1. The van der Waals surface area contributed by atoms with Gasteiger partial charge in [-0.1, -0.05) is 24.3 Å². The number of hydrogen-bond donors (Lipinski definition) is 2. The molecular formula is C20H22FN3O5S. The number of nitrogens with one attached hydrogen (secondary N) is 1. The van der Waals surface area contributed by atoms with Gasteiger partial charge in [0.25, 0.3) is 5.91 Å². The topological polar surface area (TPSA) is 119 Å². The van der Waals surface area contributed by atoms with Gasteiger partial charge < -0.3 is 15.0 Å². The van der Waals surface area contributed by atoms with Crippen LogP contribution < -0.4 is 15.2 Å². The lowest BCUT2D eigenvalue weighted by molar-refractivity contribution is -0.144. The Balaban J connectivity index is 1.36. The van der Waals surface area contributed by atoms with Crippen molar-refractivity contribution in [1.82, 2.24) is 10.2 Å². The molecule has 0 spiro atoms. The molecule has 1 aliphatic rings. The molecule has 8 nitrogen and oxygen atoms in total. The monoisotopic (exact) mass is 435 g/mol. The van der Waals surface area contributed by atoms with E-state index < -0.39 is 15.8 Å². The van der Waals surface area contributed by atoms with Gasteiger partial charge in [-0.15, -0.1) is 0 Å². The van der Waals surface area contributed by atoms with Crippen LogP contribution in [-0.2, 0) is 26.0 Å². The second-order valence-electron chi connectivity index (χ2n) is 6.94. The van der Waals surface area contributed by atoms with Crippen molar-refractivity contribution in [3.05, 3.63) is 59.9 Å². The molecule has 3 N–H and O–H groups in total. The first-order valence-corrected chi connectivity index (χ1v) is 10.8. The summed E-state index contributed by atoms with van der Waals surface area (Å²) in [6.07, 6.45) is 0.530. The smallest absolute Gasteiger partial charge is 0.260 e. The van der Waals surface area contributed by atoms with E-state index in [0.717, 1.165) is 5.56 Å². The minimum absolute atomic E-state index is 0.0118. The molecular weight excluding hydrogens is 413 g/mol. The van der Waals surface area contributed by atoms with Crippen LogP contribution in [0.1, 0.15) is 5.56 Å². The highest BCUT2D eigenvalue weighted by atomic mass is 32.2. The summed E-state index contributed by atoms with van der Waals surface area (Å²) in [6.45, 7) is 0.668. The number of hydrogen-bond acceptors (Lipinski definition) is 5. The van der Waals surface area contributed by atoms with Crippen molar-refractivity contribution < 1.29 is 27.1 Å². The number of para-hydroxylation sites is 1. The molecule has 0 atom stereocenters. The maximum atomic E-state index is 13.5. The van der Waals surface area contributed by atoms with Crippen LogP contribution in [0.15, 0.2) is 53.4 Å². The molecule has 0 aliphatic carbocycles. The number of carbonyl (C=O) groups excluding carboxylic acids is 2. The van der Waals surface area contributed by atoms with Gasteiger partial charge in [-0.3, -0.25) is 9.59 Å². The third-order valence-corrected chi connectivity index (χ3v) is 5.69. The Bertz CT molecular complexity index is 1020. The van der Waals surface area contributed by atoms with Gasteiger partial charge in [0.15, 0.2) is 18.2 Å². The Labute approximate surface area is 173 Å². The minimum Gasteiger partial charge on any atom is -0.481 e. The molecule has 2 amide bonds. The van der Waals surface area contributed by atoms with E-state index in [2.05, 4.69) is 5.32 Å². The van der Waals surface area contributed by atoms with Crippen LogP contribution in [0, 0.1) is 11.7 Å². The van der Waals surface area contributed by atoms with Crippen molar-refractivity contribution >= 4 is 21.8 Å². The van der Waals surface area contributed by atoms with E-state index in [9.17, 15) is 22.4 Å². The number of rotatable bonds is 8. The number of sulfonamides is 1. The van der Waals surface area contributed by atoms with Crippen LogP contribution in [-0.4, -0.2) is 51.4 Å². The number of nitrogens with two attached hydrogens (primary N) is 1. The largest absolute Gasteiger partial charge is 0.481 e. The highest BCUT2D eigenvalue weighted by Crippen LogP contribution is 2.18. The summed E-state index contributed by atoms with van der Waals surface area (Å²) in [5.74, 6) is -1.29. The molecule has 1 aliphatic heterocycles. The second kappa shape index (κ2) is 9.23. The number of likely N-dealkylation sites (tertiary alicyclic amines) is 1. The molecule has 1 fully saturated rings. The molecule has 1 heterocycles. The van der Waals surface area contributed by atoms with Crippen molar-refractivity contribution in [2.24, 2.45) is 11.1 Å². The lowest BCUT2D eigenvalue weighted by atomic mass is 9.99. The molecule has 0 radical (unpaired) electrons. The number of primary sulfonamides is 1. The number of benzene rings is 2. The molecule has 2 aromatic rings. The maximum Gasteiger partial charge on any atom is 0.260 e. The average molecular weight is 435 g/mol. The predicted molar refractivity (Wildman–Crippen MR) is 106 cm³/mol. The Morgan fingerprint density at radius 2 is 1.80 bits per heavy atom. The Hall–Kier alpha value is -2.98. The number of amides is 2. The van der Waals surface area contributed by atoms with Crippen molar-refractivity contribution in [3.8, 4) is 5.75 Å². The quantitative estimate of drug-likeness (QED) is 0.632. The molecule has 2 aromatic carbocycles. The first kappa shape index (κ1) is 21.7. The first-order chi connectivity index (χ1) is 14.2. The molecule has 3 rings (SSSR count). The van der Waals surface area contributed by atoms with E-state index in [1.165, 1.54) is 35.2 Å². The molecule has 0 aromatic heterocycles. The highest BCUT2D eigenvalue weighted by molar-refractivity contribution is 7.89. The van der Waals surface area contributed by atoms with E-state index in [1.54, 1.807) is 18.2 Å². The Morgan fingerprint density at radius 3 is 2.43 bits per heavy atom. The van der Waals surface area contributed by atoms with Gasteiger partial charge in [-0.05, 0) is 36.2 Å². The number of halogens is 1. The molecule has 10 heteroatoms. The van der Waals surface area contributed by atoms with Crippen LogP contribution in [0.5, 0.6) is 5.75 Å². The number of carbonyl (C=O) groups is 2. The SMILES string of the molecule is NS(=O)(=O)c1ccc(CCNC(=O)C2CN(C(=O)COc3ccccc3F)C2)cc1. The fourth-order valence-electron chi connectivity index (χ4n) is 2.96. The lowest BCUT2D eigenvalue weighted by Gasteiger charge is -2.38. The van der Waals surface area contributed by atoms with Gasteiger partial charge >= 0.3 is 0 Å². The maximum absolute atomic E-state index is 13.5. The van der Waals surface area contributed by atoms with Gasteiger partial charge in [-0.2, -0.15) is 0 Å². The van der Waals surface area contributed by atoms with Crippen LogP contribution in [0.25, 0.3) is 0 Å². The zero-order valence-corrected chi connectivity index (χ0v) is 16.9.